The van der Waals surface area contributed by atoms with Crippen LogP contribution in [0.4, 0.5) is 0 Å². The van der Waals surface area contributed by atoms with E-state index in [0.29, 0.717) is 6.04 Å². The summed E-state index contributed by atoms with van der Waals surface area (Å²) in [5, 5.41) is 11.6. The summed E-state index contributed by atoms with van der Waals surface area (Å²) in [6, 6.07) is 0.507. The largest absolute Gasteiger partial charge is 0.313 e. The summed E-state index contributed by atoms with van der Waals surface area (Å²) in [7, 11) is 4.19. The van der Waals surface area contributed by atoms with Crippen LogP contribution in [0, 0.1) is 6.92 Å². The summed E-state index contributed by atoms with van der Waals surface area (Å²) in [6.45, 7) is 4.87. The van der Waals surface area contributed by atoms with Gasteiger partial charge in [-0.05, 0) is 21.0 Å². The molecule has 0 bridgehead atoms. The summed E-state index contributed by atoms with van der Waals surface area (Å²) < 4.78 is 2.20. The second kappa shape index (κ2) is 3.67. The van der Waals surface area contributed by atoms with Crippen LogP contribution in [-0.4, -0.2) is 46.3 Å². The molecule has 0 saturated heterocycles. The summed E-state index contributed by atoms with van der Waals surface area (Å²) in [6.07, 6.45) is 0. The third kappa shape index (κ3) is 1.78. The second-order valence-electron chi connectivity index (χ2n) is 4.11. The van der Waals surface area contributed by atoms with Gasteiger partial charge in [0.15, 0.2) is 0 Å². The number of likely N-dealkylation sites (N-methyl/N-ethyl adjacent to an activating group) is 1. The Kier molecular flexibility index (Phi) is 2.52. The van der Waals surface area contributed by atoms with Gasteiger partial charge in [-0.15, -0.1) is 10.2 Å². The SMILES string of the molecule is Cc1nnc2n1CC(CN(C)C)NC2. The fraction of sp³-hybridized carbons (Fsp3) is 0.778. The Hall–Kier alpha value is -0.940. The maximum absolute atomic E-state index is 4.11. The Morgan fingerprint density at radius 2 is 2.29 bits per heavy atom. The molecule has 5 nitrogen and oxygen atoms in total. The zero-order chi connectivity index (χ0) is 10.1. The van der Waals surface area contributed by atoms with Crippen molar-refractivity contribution in [2.24, 2.45) is 0 Å². The van der Waals surface area contributed by atoms with Crippen LogP contribution in [0.3, 0.4) is 0 Å². The molecular weight excluding hydrogens is 178 g/mol. The predicted molar refractivity (Wildman–Crippen MR) is 53.9 cm³/mol. The average Bonchev–Trinajstić information content (AvgIpc) is 2.47. The molecule has 1 atom stereocenters. The van der Waals surface area contributed by atoms with Gasteiger partial charge in [-0.1, -0.05) is 0 Å². The molecule has 1 aliphatic heterocycles. The van der Waals surface area contributed by atoms with Gasteiger partial charge in [-0.3, -0.25) is 0 Å². The zero-order valence-corrected chi connectivity index (χ0v) is 8.99. The highest BCUT2D eigenvalue weighted by molar-refractivity contribution is 4.98. The van der Waals surface area contributed by atoms with E-state index in [2.05, 4.69) is 39.1 Å². The lowest BCUT2D eigenvalue weighted by Gasteiger charge is -2.27. The highest BCUT2D eigenvalue weighted by Crippen LogP contribution is 2.08. The second-order valence-corrected chi connectivity index (χ2v) is 4.11. The molecule has 0 saturated carbocycles. The quantitative estimate of drug-likeness (QED) is 0.699. The maximum Gasteiger partial charge on any atom is 0.147 e. The van der Waals surface area contributed by atoms with Crippen LogP contribution >= 0.6 is 0 Å². The van der Waals surface area contributed by atoms with E-state index in [0.717, 1.165) is 31.3 Å². The smallest absolute Gasteiger partial charge is 0.147 e. The van der Waals surface area contributed by atoms with Gasteiger partial charge < -0.3 is 14.8 Å². The van der Waals surface area contributed by atoms with Gasteiger partial charge in [-0.25, -0.2) is 0 Å². The third-order valence-corrected chi connectivity index (χ3v) is 2.55. The first-order valence-electron chi connectivity index (χ1n) is 4.93. The molecule has 1 N–H and O–H groups in total. The van der Waals surface area contributed by atoms with Gasteiger partial charge in [0.05, 0.1) is 6.54 Å². The lowest BCUT2D eigenvalue weighted by atomic mass is 10.2. The molecule has 5 heteroatoms. The van der Waals surface area contributed by atoms with Crippen LogP contribution in [0.1, 0.15) is 11.6 Å². The van der Waals surface area contributed by atoms with Crippen LogP contribution in [0.15, 0.2) is 0 Å². The van der Waals surface area contributed by atoms with Crippen molar-refractivity contribution in [1.82, 2.24) is 25.0 Å². The van der Waals surface area contributed by atoms with E-state index in [1.807, 2.05) is 6.92 Å². The number of hydrogen-bond donors (Lipinski definition) is 1. The first kappa shape index (κ1) is 9.61. The zero-order valence-electron chi connectivity index (χ0n) is 8.99. The van der Waals surface area contributed by atoms with Crippen molar-refractivity contribution in [1.29, 1.82) is 0 Å². The molecule has 0 aromatic carbocycles. The summed E-state index contributed by atoms with van der Waals surface area (Å²) >= 11 is 0. The van der Waals surface area contributed by atoms with Crippen molar-refractivity contribution in [2.45, 2.75) is 26.1 Å². The summed E-state index contributed by atoms with van der Waals surface area (Å²) in [4.78, 5) is 2.20. The Balaban J connectivity index is 2.08. The molecule has 2 heterocycles. The van der Waals surface area contributed by atoms with Crippen molar-refractivity contribution < 1.29 is 0 Å². The van der Waals surface area contributed by atoms with E-state index in [4.69, 9.17) is 0 Å². The lowest BCUT2D eigenvalue weighted by molar-refractivity contribution is 0.289. The fourth-order valence-electron chi connectivity index (χ4n) is 1.88. The molecule has 0 amide bonds. The van der Waals surface area contributed by atoms with Crippen LogP contribution in [0.5, 0.6) is 0 Å². The van der Waals surface area contributed by atoms with Gasteiger partial charge in [0.1, 0.15) is 11.6 Å². The predicted octanol–water partition coefficient (Wildman–Crippen LogP) is -0.380. The van der Waals surface area contributed by atoms with E-state index in [1.165, 1.54) is 0 Å². The van der Waals surface area contributed by atoms with E-state index < -0.39 is 0 Å². The minimum atomic E-state index is 0.507. The van der Waals surface area contributed by atoms with E-state index in [-0.39, 0.29) is 0 Å². The van der Waals surface area contributed by atoms with E-state index >= 15 is 0 Å². The minimum Gasteiger partial charge on any atom is -0.313 e. The number of nitrogens with one attached hydrogen (secondary N) is 1. The topological polar surface area (TPSA) is 46.0 Å². The standard InChI is InChI=1S/C9H17N5/c1-7-11-12-9-4-10-8(5-13(2)3)6-14(7)9/h8,10H,4-6H2,1-3H3. The van der Waals surface area contributed by atoms with Crippen LogP contribution in [0.2, 0.25) is 0 Å². The van der Waals surface area contributed by atoms with Gasteiger partial charge in [0.25, 0.3) is 0 Å². The number of aryl methyl sites for hydroxylation is 1. The Morgan fingerprint density at radius 3 is 3.00 bits per heavy atom. The molecule has 14 heavy (non-hydrogen) atoms. The number of aromatic nitrogens is 3. The summed E-state index contributed by atoms with van der Waals surface area (Å²) in [5.74, 6) is 2.07. The van der Waals surface area contributed by atoms with Gasteiger partial charge in [0.2, 0.25) is 0 Å². The average molecular weight is 195 g/mol. The summed E-state index contributed by atoms with van der Waals surface area (Å²) in [5.41, 5.74) is 0. The molecule has 1 aliphatic rings. The lowest BCUT2D eigenvalue weighted by Crippen LogP contribution is -2.45. The van der Waals surface area contributed by atoms with Crippen LogP contribution in [-0.2, 0) is 13.1 Å². The van der Waals surface area contributed by atoms with Crippen LogP contribution in [0.25, 0.3) is 0 Å². The molecule has 1 aromatic rings. The Morgan fingerprint density at radius 1 is 1.50 bits per heavy atom. The molecule has 1 aromatic heterocycles. The maximum atomic E-state index is 4.11. The minimum absolute atomic E-state index is 0.507. The first-order valence-corrected chi connectivity index (χ1v) is 4.93. The monoisotopic (exact) mass is 195 g/mol. The third-order valence-electron chi connectivity index (χ3n) is 2.55. The van der Waals surface area contributed by atoms with Gasteiger partial charge in [0, 0.05) is 19.1 Å². The molecule has 0 aliphatic carbocycles. The molecule has 0 radical (unpaired) electrons. The first-order chi connectivity index (χ1) is 6.66. The highest BCUT2D eigenvalue weighted by Gasteiger charge is 2.20. The molecular formula is C9H17N5. The van der Waals surface area contributed by atoms with Crippen molar-refractivity contribution >= 4 is 0 Å². The number of nitrogens with zero attached hydrogens (tertiary/aromatic N) is 4. The number of hydrogen-bond acceptors (Lipinski definition) is 4. The molecule has 2 rings (SSSR count). The number of fused-ring (bicyclic) bond motifs is 1. The van der Waals surface area contributed by atoms with Gasteiger partial charge in [-0.2, -0.15) is 0 Å². The molecule has 1 unspecified atom stereocenters. The van der Waals surface area contributed by atoms with Gasteiger partial charge >= 0.3 is 0 Å². The van der Waals surface area contributed by atoms with Crippen molar-refractivity contribution in [3.05, 3.63) is 11.6 Å². The number of rotatable bonds is 2. The van der Waals surface area contributed by atoms with E-state index in [9.17, 15) is 0 Å². The molecule has 0 fully saturated rings. The Bertz CT molecular complexity index is 317. The Labute approximate surface area is 84.1 Å². The van der Waals surface area contributed by atoms with Crippen molar-refractivity contribution in [3.8, 4) is 0 Å². The van der Waals surface area contributed by atoms with E-state index in [1.54, 1.807) is 0 Å². The van der Waals surface area contributed by atoms with Crippen LogP contribution < -0.4 is 5.32 Å². The normalized spacial score (nSPS) is 21.3. The van der Waals surface area contributed by atoms with Crippen molar-refractivity contribution in [3.63, 3.8) is 0 Å². The van der Waals surface area contributed by atoms with Crippen molar-refractivity contribution in [2.75, 3.05) is 20.6 Å². The fourth-order valence-corrected chi connectivity index (χ4v) is 1.88. The highest BCUT2D eigenvalue weighted by atomic mass is 15.3. The molecule has 78 valence electrons. The molecule has 0 spiro atoms.